The van der Waals surface area contributed by atoms with Gasteiger partial charge in [0.25, 0.3) is 10.1 Å². The second-order valence-corrected chi connectivity index (χ2v) is 10.3. The molecule has 0 aliphatic heterocycles. The van der Waals surface area contributed by atoms with E-state index < -0.39 is 20.9 Å². The molecule has 0 aliphatic carbocycles. The van der Waals surface area contributed by atoms with E-state index in [0.717, 1.165) is 0 Å². The summed E-state index contributed by atoms with van der Waals surface area (Å²) in [5, 5.41) is 0.383. The van der Waals surface area contributed by atoms with Gasteiger partial charge in [0.15, 0.2) is 0 Å². The quantitative estimate of drug-likeness (QED) is 0.149. The second kappa shape index (κ2) is 9.22. The highest BCUT2D eigenvalue weighted by atomic mass is 35.5. The minimum atomic E-state index is -4.60. The minimum absolute atomic E-state index is 0.00864. The summed E-state index contributed by atoms with van der Waals surface area (Å²) < 4.78 is 33.1. The Balaban J connectivity index is 2.40. The van der Waals surface area contributed by atoms with Gasteiger partial charge in [-0.1, -0.05) is 99.4 Å². The lowest BCUT2D eigenvalue weighted by Gasteiger charge is -2.24. The van der Waals surface area contributed by atoms with E-state index in [1.165, 1.54) is 12.1 Å². The van der Waals surface area contributed by atoms with Crippen molar-refractivity contribution in [2.45, 2.75) is 10.8 Å². The molecule has 0 saturated carbocycles. The van der Waals surface area contributed by atoms with Crippen LogP contribution < -0.4 is 0 Å². The highest BCUT2D eigenvalue weighted by molar-refractivity contribution is 7.86. The topological polar surface area (TPSA) is 54.4 Å². The number of hydrogen-bond donors (Lipinski definition) is 1. The van der Waals surface area contributed by atoms with Crippen molar-refractivity contribution in [1.29, 1.82) is 0 Å². The standard InChI is InChI=1S/C19H9Cl7O3S/c20-10-4-1-8(2-5-10)13(9-3-6-11(21)12(7-9)30(27,28)29)14-15(22)17(24)19(26)18(25)16(14)23/h1-7,13H,(H,27,28,29). The Morgan fingerprint density at radius 2 is 1.13 bits per heavy atom. The molecule has 0 amide bonds. The summed E-state index contributed by atoms with van der Waals surface area (Å²) in [6, 6.07) is 10.8. The van der Waals surface area contributed by atoms with Crippen LogP contribution in [0.1, 0.15) is 22.6 Å². The molecule has 30 heavy (non-hydrogen) atoms. The van der Waals surface area contributed by atoms with E-state index in [2.05, 4.69) is 0 Å². The molecule has 0 radical (unpaired) electrons. The molecule has 0 aliphatic rings. The van der Waals surface area contributed by atoms with Crippen LogP contribution in [0, 0.1) is 0 Å². The van der Waals surface area contributed by atoms with Crippen LogP contribution in [0.3, 0.4) is 0 Å². The number of halogens is 7. The van der Waals surface area contributed by atoms with Crippen LogP contribution in [-0.2, 0) is 10.1 Å². The maximum atomic E-state index is 11.8. The van der Waals surface area contributed by atoms with Crippen molar-refractivity contribution in [2.75, 3.05) is 0 Å². The molecule has 0 heterocycles. The fraction of sp³-hybridized carbons (Fsp3) is 0.0526. The van der Waals surface area contributed by atoms with Gasteiger partial charge in [-0.25, -0.2) is 0 Å². The van der Waals surface area contributed by atoms with Crippen molar-refractivity contribution < 1.29 is 13.0 Å². The lowest BCUT2D eigenvalue weighted by molar-refractivity contribution is 0.483. The third-order valence-corrected chi connectivity index (χ3v) is 8.20. The average molecular weight is 566 g/mol. The number of rotatable bonds is 4. The van der Waals surface area contributed by atoms with Crippen LogP contribution in [0.5, 0.6) is 0 Å². The van der Waals surface area contributed by atoms with Gasteiger partial charge in [-0.15, -0.1) is 0 Å². The van der Waals surface area contributed by atoms with E-state index >= 15 is 0 Å². The van der Waals surface area contributed by atoms with Crippen molar-refractivity contribution in [3.63, 3.8) is 0 Å². The second-order valence-electron chi connectivity index (χ2n) is 6.13. The predicted octanol–water partition coefficient (Wildman–Crippen LogP) is 8.69. The molecule has 3 rings (SSSR count). The molecule has 0 fully saturated rings. The van der Waals surface area contributed by atoms with Gasteiger partial charge >= 0.3 is 0 Å². The maximum absolute atomic E-state index is 11.8. The van der Waals surface area contributed by atoms with Crippen molar-refractivity contribution in [3.05, 3.63) is 94.3 Å². The lowest BCUT2D eigenvalue weighted by atomic mass is 9.85. The van der Waals surface area contributed by atoms with Crippen molar-refractivity contribution in [3.8, 4) is 0 Å². The molecule has 0 aromatic heterocycles. The molecule has 3 aromatic rings. The third-order valence-electron chi connectivity index (χ3n) is 4.30. The summed E-state index contributed by atoms with van der Waals surface area (Å²) in [5.74, 6) is -0.743. The highest BCUT2D eigenvalue weighted by Gasteiger charge is 2.29. The lowest BCUT2D eigenvalue weighted by Crippen LogP contribution is -2.08. The third kappa shape index (κ3) is 4.68. The number of hydrogen-bond acceptors (Lipinski definition) is 2. The van der Waals surface area contributed by atoms with E-state index in [1.807, 2.05) is 0 Å². The number of benzene rings is 3. The van der Waals surface area contributed by atoms with Gasteiger partial charge in [0.1, 0.15) is 4.90 Å². The summed E-state index contributed by atoms with van der Waals surface area (Å²) in [6.07, 6.45) is 0. The Bertz CT molecular complexity index is 1210. The molecule has 3 aromatic carbocycles. The summed E-state index contributed by atoms with van der Waals surface area (Å²) in [4.78, 5) is -0.473. The fourth-order valence-electron chi connectivity index (χ4n) is 2.95. The van der Waals surface area contributed by atoms with E-state index in [-0.39, 0.29) is 30.1 Å². The predicted molar refractivity (Wildman–Crippen MR) is 125 cm³/mol. The molecule has 0 spiro atoms. The van der Waals surface area contributed by atoms with Crippen molar-refractivity contribution in [1.82, 2.24) is 0 Å². The van der Waals surface area contributed by atoms with Gasteiger partial charge in [-0.2, -0.15) is 8.42 Å². The molecule has 0 bridgehead atoms. The summed E-state index contributed by atoms with van der Waals surface area (Å²) >= 11 is 43.5. The Hall–Kier alpha value is -0.400. The van der Waals surface area contributed by atoms with Crippen molar-refractivity contribution in [2.24, 2.45) is 0 Å². The van der Waals surface area contributed by atoms with Crippen LogP contribution in [0.25, 0.3) is 0 Å². The van der Waals surface area contributed by atoms with Gasteiger partial charge < -0.3 is 0 Å². The smallest absolute Gasteiger partial charge is 0.282 e. The first-order valence-corrected chi connectivity index (χ1v) is 12.1. The van der Waals surface area contributed by atoms with E-state index in [0.29, 0.717) is 21.7 Å². The van der Waals surface area contributed by atoms with E-state index in [1.54, 1.807) is 30.3 Å². The molecular weight excluding hydrogens is 556 g/mol. The van der Waals surface area contributed by atoms with Crippen LogP contribution in [-0.4, -0.2) is 13.0 Å². The first-order valence-electron chi connectivity index (χ1n) is 7.97. The SMILES string of the molecule is O=S(=O)(O)c1cc(C(c2ccc(Cl)cc2)c2c(Cl)c(Cl)c(Cl)c(Cl)c2Cl)ccc1Cl. The minimum Gasteiger partial charge on any atom is -0.282 e. The Morgan fingerprint density at radius 1 is 0.667 bits per heavy atom. The molecule has 158 valence electrons. The molecule has 0 saturated heterocycles. The molecule has 3 nitrogen and oxygen atoms in total. The van der Waals surface area contributed by atoms with Crippen LogP contribution in [0.15, 0.2) is 47.4 Å². The Morgan fingerprint density at radius 3 is 1.63 bits per heavy atom. The summed E-state index contributed by atoms with van der Waals surface area (Å²) in [5.41, 5.74) is 1.33. The Labute approximate surface area is 208 Å². The maximum Gasteiger partial charge on any atom is 0.296 e. The average Bonchev–Trinajstić information content (AvgIpc) is 2.69. The first-order chi connectivity index (χ1) is 13.9. The zero-order chi connectivity index (χ0) is 22.4. The first kappa shape index (κ1) is 24.2. The summed E-state index contributed by atoms with van der Waals surface area (Å²) in [7, 11) is -4.60. The van der Waals surface area contributed by atoms with Gasteiger partial charge in [0.2, 0.25) is 0 Å². The molecule has 11 heteroatoms. The zero-order valence-corrected chi connectivity index (χ0v) is 20.5. The van der Waals surface area contributed by atoms with E-state index in [9.17, 15) is 13.0 Å². The molecule has 1 atom stereocenters. The Kier molecular flexibility index (Phi) is 7.45. The highest BCUT2D eigenvalue weighted by Crippen LogP contribution is 2.50. The molecular formula is C19H9Cl7O3S. The van der Waals surface area contributed by atoms with Gasteiger partial charge in [-0.3, -0.25) is 4.55 Å². The van der Waals surface area contributed by atoms with Crippen LogP contribution >= 0.6 is 81.2 Å². The van der Waals surface area contributed by atoms with Gasteiger partial charge in [0.05, 0.1) is 30.1 Å². The summed E-state index contributed by atoms with van der Waals surface area (Å²) in [6.45, 7) is 0. The normalized spacial score (nSPS) is 12.8. The van der Waals surface area contributed by atoms with Crippen LogP contribution in [0.4, 0.5) is 0 Å². The largest absolute Gasteiger partial charge is 0.296 e. The zero-order valence-electron chi connectivity index (χ0n) is 14.4. The van der Waals surface area contributed by atoms with Crippen LogP contribution in [0.2, 0.25) is 35.2 Å². The monoisotopic (exact) mass is 562 g/mol. The molecule has 1 unspecified atom stereocenters. The molecule has 1 N–H and O–H groups in total. The van der Waals surface area contributed by atoms with E-state index in [4.69, 9.17) is 81.2 Å². The van der Waals surface area contributed by atoms with Crippen molar-refractivity contribution >= 4 is 91.3 Å². The van der Waals surface area contributed by atoms with Gasteiger partial charge in [-0.05, 0) is 35.4 Å². The fourth-order valence-corrected chi connectivity index (χ4v) is 5.46. The van der Waals surface area contributed by atoms with Gasteiger partial charge in [0, 0.05) is 16.5 Å².